The predicted molar refractivity (Wildman–Crippen MR) is 70.1 cm³/mol. The number of carbonyl (C=O) groups is 1. The van der Waals surface area contributed by atoms with Gasteiger partial charge < -0.3 is 9.47 Å². The van der Waals surface area contributed by atoms with Crippen LogP contribution in [0.2, 0.25) is 0 Å². The molecule has 3 nitrogen and oxygen atoms in total. The number of hydrogen-bond donors (Lipinski definition) is 0. The van der Waals surface area contributed by atoms with E-state index in [4.69, 9.17) is 9.47 Å². The van der Waals surface area contributed by atoms with Gasteiger partial charge in [-0.15, -0.1) is 0 Å². The molecule has 0 bridgehead atoms. The quantitative estimate of drug-likeness (QED) is 0.751. The van der Waals surface area contributed by atoms with E-state index in [1.807, 2.05) is 24.3 Å². The van der Waals surface area contributed by atoms with E-state index < -0.39 is 0 Å². The molecule has 1 aromatic carbocycles. The molecule has 0 amide bonds. The zero-order valence-electron chi connectivity index (χ0n) is 10.9. The van der Waals surface area contributed by atoms with E-state index in [1.54, 1.807) is 0 Å². The summed E-state index contributed by atoms with van der Waals surface area (Å²) in [7, 11) is 0. The van der Waals surface area contributed by atoms with E-state index in [9.17, 15) is 4.79 Å². The lowest BCUT2D eigenvalue weighted by atomic mass is 9.93. The van der Waals surface area contributed by atoms with Crippen molar-refractivity contribution in [2.24, 2.45) is 5.92 Å². The van der Waals surface area contributed by atoms with E-state index in [0.717, 1.165) is 37.2 Å². The van der Waals surface area contributed by atoms with Crippen molar-refractivity contribution in [2.45, 2.75) is 26.2 Å². The van der Waals surface area contributed by atoms with Gasteiger partial charge in [-0.1, -0.05) is 6.92 Å². The second kappa shape index (κ2) is 6.55. The van der Waals surface area contributed by atoms with Crippen LogP contribution in [0.15, 0.2) is 24.3 Å². The lowest BCUT2D eigenvalue weighted by Gasteiger charge is -2.20. The Hall–Kier alpha value is -1.35. The highest BCUT2D eigenvalue weighted by atomic mass is 16.5. The van der Waals surface area contributed by atoms with Crippen LogP contribution in [0.5, 0.6) is 5.75 Å². The summed E-state index contributed by atoms with van der Waals surface area (Å²) in [6.45, 7) is 4.13. The van der Waals surface area contributed by atoms with Gasteiger partial charge in [0.05, 0.1) is 13.2 Å². The van der Waals surface area contributed by atoms with Gasteiger partial charge in [-0.05, 0) is 43.5 Å². The van der Waals surface area contributed by atoms with Crippen LogP contribution in [0.1, 0.15) is 36.5 Å². The highest BCUT2D eigenvalue weighted by molar-refractivity contribution is 5.98. The van der Waals surface area contributed by atoms with Crippen molar-refractivity contribution in [3.63, 3.8) is 0 Å². The summed E-state index contributed by atoms with van der Waals surface area (Å²) in [6.07, 6.45) is 2.90. The summed E-state index contributed by atoms with van der Waals surface area (Å²) in [6, 6.07) is 7.43. The van der Waals surface area contributed by atoms with Crippen molar-refractivity contribution < 1.29 is 14.3 Å². The molecule has 0 saturated carbocycles. The Kier molecular flexibility index (Phi) is 4.76. The molecule has 0 radical (unpaired) electrons. The van der Waals surface area contributed by atoms with Crippen LogP contribution in [0.3, 0.4) is 0 Å². The zero-order chi connectivity index (χ0) is 12.8. The lowest BCUT2D eigenvalue weighted by molar-refractivity contribution is 0.0461. The fourth-order valence-electron chi connectivity index (χ4n) is 2.12. The largest absolute Gasteiger partial charge is 0.494 e. The molecule has 1 aliphatic heterocycles. The van der Waals surface area contributed by atoms with Gasteiger partial charge in [0, 0.05) is 18.1 Å². The minimum atomic E-state index is 0.0289. The molecular formula is C15H20O3. The average Bonchev–Trinajstić information content (AvgIpc) is 2.46. The van der Waals surface area contributed by atoms with Gasteiger partial charge in [-0.25, -0.2) is 0 Å². The molecule has 2 rings (SSSR count). The molecule has 3 heteroatoms. The first kappa shape index (κ1) is 13.1. The van der Waals surface area contributed by atoms with Crippen LogP contribution in [0, 0.1) is 5.92 Å². The molecule has 18 heavy (non-hydrogen) atoms. The van der Waals surface area contributed by atoms with E-state index in [0.29, 0.717) is 13.2 Å². The SMILES string of the molecule is CCCOc1ccc(C(=O)C2CCCOC2)cc1. The van der Waals surface area contributed by atoms with Crippen molar-refractivity contribution in [1.29, 1.82) is 0 Å². The molecule has 1 unspecified atom stereocenters. The van der Waals surface area contributed by atoms with Crippen LogP contribution >= 0.6 is 0 Å². The van der Waals surface area contributed by atoms with Crippen LogP contribution in [0.4, 0.5) is 0 Å². The minimum absolute atomic E-state index is 0.0289. The van der Waals surface area contributed by atoms with Gasteiger partial charge in [0.2, 0.25) is 0 Å². The molecular weight excluding hydrogens is 228 g/mol. The zero-order valence-corrected chi connectivity index (χ0v) is 10.9. The van der Waals surface area contributed by atoms with Gasteiger partial charge >= 0.3 is 0 Å². The van der Waals surface area contributed by atoms with Gasteiger partial charge in [-0.2, -0.15) is 0 Å². The molecule has 98 valence electrons. The number of rotatable bonds is 5. The van der Waals surface area contributed by atoms with Gasteiger partial charge in [-0.3, -0.25) is 4.79 Å². The Morgan fingerprint density at radius 1 is 1.39 bits per heavy atom. The van der Waals surface area contributed by atoms with Crippen molar-refractivity contribution in [3.05, 3.63) is 29.8 Å². The monoisotopic (exact) mass is 248 g/mol. The Labute approximate surface area is 108 Å². The summed E-state index contributed by atoms with van der Waals surface area (Å²) >= 11 is 0. The van der Waals surface area contributed by atoms with Gasteiger partial charge in [0.1, 0.15) is 5.75 Å². The minimum Gasteiger partial charge on any atom is -0.494 e. The first-order valence-corrected chi connectivity index (χ1v) is 6.66. The van der Waals surface area contributed by atoms with Crippen LogP contribution in [0.25, 0.3) is 0 Å². The normalized spacial score (nSPS) is 19.5. The second-order valence-corrected chi connectivity index (χ2v) is 4.65. The maximum atomic E-state index is 12.2. The molecule has 1 atom stereocenters. The van der Waals surface area contributed by atoms with Crippen molar-refractivity contribution in [1.82, 2.24) is 0 Å². The fraction of sp³-hybridized carbons (Fsp3) is 0.533. The van der Waals surface area contributed by atoms with Gasteiger partial charge in [0.25, 0.3) is 0 Å². The van der Waals surface area contributed by atoms with E-state index in [-0.39, 0.29) is 11.7 Å². The topological polar surface area (TPSA) is 35.5 Å². The smallest absolute Gasteiger partial charge is 0.168 e. The van der Waals surface area contributed by atoms with Crippen LogP contribution in [-0.4, -0.2) is 25.6 Å². The molecule has 1 fully saturated rings. The first-order valence-electron chi connectivity index (χ1n) is 6.66. The standard InChI is InChI=1S/C15H20O3/c1-2-9-18-14-7-5-12(6-8-14)15(16)13-4-3-10-17-11-13/h5-8,13H,2-4,9-11H2,1H3. The molecule has 1 aliphatic rings. The summed E-state index contributed by atoms with van der Waals surface area (Å²) in [4.78, 5) is 12.2. The highest BCUT2D eigenvalue weighted by Crippen LogP contribution is 2.20. The molecule has 1 aromatic rings. The second-order valence-electron chi connectivity index (χ2n) is 4.65. The molecule has 0 aliphatic carbocycles. The average molecular weight is 248 g/mol. The summed E-state index contributed by atoms with van der Waals surface area (Å²) in [5.74, 6) is 1.05. The van der Waals surface area contributed by atoms with Crippen molar-refractivity contribution in [2.75, 3.05) is 19.8 Å². The number of benzene rings is 1. The number of carbonyl (C=O) groups excluding carboxylic acids is 1. The number of Topliss-reactive ketones (excluding diaryl/α,β-unsaturated/α-hetero) is 1. The molecule has 1 saturated heterocycles. The number of ketones is 1. The maximum Gasteiger partial charge on any atom is 0.168 e. The lowest BCUT2D eigenvalue weighted by Crippen LogP contribution is -2.25. The molecule has 0 aromatic heterocycles. The fourth-order valence-corrected chi connectivity index (χ4v) is 2.12. The van der Waals surface area contributed by atoms with E-state index in [1.165, 1.54) is 0 Å². The number of hydrogen-bond acceptors (Lipinski definition) is 3. The third-order valence-corrected chi connectivity index (χ3v) is 3.14. The molecule has 0 N–H and O–H groups in total. The van der Waals surface area contributed by atoms with Crippen LogP contribution in [-0.2, 0) is 4.74 Å². The maximum absolute atomic E-state index is 12.2. The summed E-state index contributed by atoms with van der Waals surface area (Å²) in [5.41, 5.74) is 0.759. The highest BCUT2D eigenvalue weighted by Gasteiger charge is 2.22. The van der Waals surface area contributed by atoms with Crippen LogP contribution < -0.4 is 4.74 Å². The Balaban J connectivity index is 1.97. The first-order chi connectivity index (χ1) is 8.81. The van der Waals surface area contributed by atoms with Crippen molar-refractivity contribution in [3.8, 4) is 5.75 Å². The Bertz CT molecular complexity index is 377. The van der Waals surface area contributed by atoms with E-state index in [2.05, 4.69) is 6.92 Å². The Morgan fingerprint density at radius 2 is 2.17 bits per heavy atom. The van der Waals surface area contributed by atoms with E-state index >= 15 is 0 Å². The Morgan fingerprint density at radius 3 is 2.78 bits per heavy atom. The van der Waals surface area contributed by atoms with Gasteiger partial charge in [0.15, 0.2) is 5.78 Å². The number of ether oxygens (including phenoxy) is 2. The third-order valence-electron chi connectivity index (χ3n) is 3.14. The summed E-state index contributed by atoms with van der Waals surface area (Å²) in [5, 5.41) is 0. The molecule has 1 heterocycles. The van der Waals surface area contributed by atoms with Crippen molar-refractivity contribution >= 4 is 5.78 Å². The molecule has 0 spiro atoms. The summed E-state index contributed by atoms with van der Waals surface area (Å²) < 4.78 is 10.9. The predicted octanol–water partition coefficient (Wildman–Crippen LogP) is 3.08. The third kappa shape index (κ3) is 3.33.